The van der Waals surface area contributed by atoms with Gasteiger partial charge in [-0.1, -0.05) is 0 Å². The molecule has 1 amide bonds. The molecule has 0 bridgehead atoms. The van der Waals surface area contributed by atoms with Gasteiger partial charge in [-0.05, 0) is 49.2 Å². The van der Waals surface area contributed by atoms with E-state index in [1.165, 1.54) is 5.56 Å². The third-order valence-electron chi connectivity index (χ3n) is 3.87. The van der Waals surface area contributed by atoms with Crippen molar-refractivity contribution in [2.45, 2.75) is 13.3 Å². The average molecular weight is 321 g/mol. The second-order valence-electron chi connectivity index (χ2n) is 5.39. The molecule has 0 spiro atoms. The van der Waals surface area contributed by atoms with Crippen molar-refractivity contribution in [3.8, 4) is 11.3 Å². The normalized spacial score (nSPS) is 10.5. The van der Waals surface area contributed by atoms with Gasteiger partial charge in [-0.3, -0.25) is 19.9 Å². The molecule has 3 rings (SSSR count). The van der Waals surface area contributed by atoms with Crippen LogP contribution < -0.4 is 0 Å². The SMILES string of the molecule is CCN(CCc1ccncc1)C(=O)c1cc(-c2ccncc2)n[nH]1. The number of hydrogen-bond donors (Lipinski definition) is 1. The molecule has 0 aliphatic heterocycles. The Morgan fingerprint density at radius 2 is 1.75 bits per heavy atom. The number of carbonyl (C=O) groups excluding carboxylic acids is 1. The fourth-order valence-electron chi connectivity index (χ4n) is 2.49. The Morgan fingerprint density at radius 3 is 2.42 bits per heavy atom. The number of pyridine rings is 2. The maximum atomic E-state index is 12.7. The van der Waals surface area contributed by atoms with E-state index in [-0.39, 0.29) is 5.91 Å². The molecule has 122 valence electrons. The van der Waals surface area contributed by atoms with Gasteiger partial charge >= 0.3 is 0 Å². The number of aromatic nitrogens is 4. The molecule has 0 atom stereocenters. The zero-order valence-electron chi connectivity index (χ0n) is 13.5. The maximum Gasteiger partial charge on any atom is 0.271 e. The molecule has 0 unspecified atom stereocenters. The predicted molar refractivity (Wildman–Crippen MR) is 91.3 cm³/mol. The molecule has 24 heavy (non-hydrogen) atoms. The predicted octanol–water partition coefficient (Wildman–Crippen LogP) is 2.57. The standard InChI is InChI=1S/C18H19N5O/c1-2-23(12-7-14-3-8-19-9-4-14)18(24)17-13-16(21-22-17)15-5-10-20-11-6-15/h3-6,8-11,13H,2,7,12H2,1H3,(H,21,22). The van der Waals surface area contributed by atoms with E-state index in [2.05, 4.69) is 20.2 Å². The fraction of sp³-hybridized carbons (Fsp3) is 0.222. The molecule has 0 aromatic carbocycles. The van der Waals surface area contributed by atoms with Gasteiger partial charge in [-0.25, -0.2) is 0 Å². The Morgan fingerprint density at radius 1 is 1.08 bits per heavy atom. The van der Waals surface area contributed by atoms with E-state index in [1.807, 2.05) is 36.1 Å². The van der Waals surface area contributed by atoms with Crippen LogP contribution in [0, 0.1) is 0 Å². The lowest BCUT2D eigenvalue weighted by Gasteiger charge is -2.19. The molecule has 0 saturated heterocycles. The van der Waals surface area contributed by atoms with Crippen molar-refractivity contribution in [1.29, 1.82) is 0 Å². The van der Waals surface area contributed by atoms with Gasteiger partial charge < -0.3 is 4.90 Å². The van der Waals surface area contributed by atoms with Crippen LogP contribution in [0.5, 0.6) is 0 Å². The summed E-state index contributed by atoms with van der Waals surface area (Å²) < 4.78 is 0. The summed E-state index contributed by atoms with van der Waals surface area (Å²) in [5.74, 6) is -0.0423. The van der Waals surface area contributed by atoms with E-state index < -0.39 is 0 Å². The molecule has 1 N–H and O–H groups in total. The number of hydrogen-bond acceptors (Lipinski definition) is 4. The molecular formula is C18H19N5O. The molecule has 0 saturated carbocycles. The summed E-state index contributed by atoms with van der Waals surface area (Å²) in [6, 6.07) is 9.45. The van der Waals surface area contributed by atoms with Crippen molar-refractivity contribution in [2.24, 2.45) is 0 Å². The summed E-state index contributed by atoms with van der Waals surface area (Å²) in [7, 11) is 0. The minimum atomic E-state index is -0.0423. The summed E-state index contributed by atoms with van der Waals surface area (Å²) in [6.45, 7) is 3.28. The minimum absolute atomic E-state index is 0.0423. The van der Waals surface area contributed by atoms with Gasteiger partial charge in [-0.15, -0.1) is 0 Å². The van der Waals surface area contributed by atoms with Crippen LogP contribution in [0.2, 0.25) is 0 Å². The highest BCUT2D eigenvalue weighted by molar-refractivity contribution is 5.93. The first-order valence-corrected chi connectivity index (χ1v) is 7.92. The van der Waals surface area contributed by atoms with Crippen LogP contribution in [0.3, 0.4) is 0 Å². The van der Waals surface area contributed by atoms with E-state index in [9.17, 15) is 4.79 Å². The number of nitrogens with zero attached hydrogens (tertiary/aromatic N) is 4. The molecule has 6 heteroatoms. The molecule has 0 radical (unpaired) electrons. The molecule has 0 aliphatic carbocycles. The molecular weight excluding hydrogens is 302 g/mol. The zero-order valence-corrected chi connectivity index (χ0v) is 13.5. The van der Waals surface area contributed by atoms with Gasteiger partial charge in [0.2, 0.25) is 0 Å². The Labute approximate surface area is 140 Å². The Hall–Kier alpha value is -3.02. The van der Waals surface area contributed by atoms with Gasteiger partial charge in [-0.2, -0.15) is 5.10 Å². The minimum Gasteiger partial charge on any atom is -0.337 e. The summed E-state index contributed by atoms with van der Waals surface area (Å²) in [4.78, 5) is 22.5. The molecule has 3 aromatic rings. The summed E-state index contributed by atoms with van der Waals surface area (Å²) >= 11 is 0. The summed E-state index contributed by atoms with van der Waals surface area (Å²) in [6.07, 6.45) is 7.75. The second-order valence-corrected chi connectivity index (χ2v) is 5.39. The maximum absolute atomic E-state index is 12.7. The Kier molecular flexibility index (Phi) is 4.96. The van der Waals surface area contributed by atoms with Gasteiger partial charge in [0.15, 0.2) is 0 Å². The first-order chi connectivity index (χ1) is 11.8. The summed E-state index contributed by atoms with van der Waals surface area (Å²) in [5, 5.41) is 7.08. The van der Waals surface area contributed by atoms with Gasteiger partial charge in [0.1, 0.15) is 5.69 Å². The van der Waals surface area contributed by atoms with E-state index in [0.717, 1.165) is 17.7 Å². The van der Waals surface area contributed by atoms with Gasteiger partial charge in [0, 0.05) is 43.4 Å². The molecule has 0 aliphatic rings. The van der Waals surface area contributed by atoms with Crippen molar-refractivity contribution >= 4 is 5.91 Å². The Bertz CT molecular complexity index is 785. The number of aromatic amines is 1. The number of likely N-dealkylation sites (N-methyl/N-ethyl adjacent to an activating group) is 1. The van der Waals surface area contributed by atoms with Crippen molar-refractivity contribution in [2.75, 3.05) is 13.1 Å². The molecule has 3 aromatic heterocycles. The summed E-state index contributed by atoms with van der Waals surface area (Å²) in [5.41, 5.74) is 3.34. The topological polar surface area (TPSA) is 74.8 Å². The van der Waals surface area contributed by atoms with Crippen LogP contribution >= 0.6 is 0 Å². The van der Waals surface area contributed by atoms with Gasteiger partial charge in [0.05, 0.1) is 5.69 Å². The van der Waals surface area contributed by atoms with Crippen LogP contribution in [0.1, 0.15) is 23.0 Å². The number of H-pyrrole nitrogens is 1. The number of carbonyl (C=O) groups is 1. The number of rotatable bonds is 6. The van der Waals surface area contributed by atoms with Crippen molar-refractivity contribution < 1.29 is 4.79 Å². The highest BCUT2D eigenvalue weighted by atomic mass is 16.2. The van der Waals surface area contributed by atoms with Crippen molar-refractivity contribution in [3.63, 3.8) is 0 Å². The van der Waals surface area contributed by atoms with E-state index in [1.54, 1.807) is 30.9 Å². The first kappa shape index (κ1) is 15.9. The fourth-order valence-corrected chi connectivity index (χ4v) is 2.49. The monoisotopic (exact) mass is 321 g/mol. The number of nitrogens with one attached hydrogen (secondary N) is 1. The second kappa shape index (κ2) is 7.50. The molecule has 0 fully saturated rings. The van der Waals surface area contributed by atoms with Gasteiger partial charge in [0.25, 0.3) is 5.91 Å². The zero-order chi connectivity index (χ0) is 16.8. The third-order valence-corrected chi connectivity index (χ3v) is 3.87. The lowest BCUT2D eigenvalue weighted by atomic mass is 10.1. The van der Waals surface area contributed by atoms with Crippen LogP contribution in [-0.2, 0) is 6.42 Å². The molecule has 6 nitrogen and oxygen atoms in total. The largest absolute Gasteiger partial charge is 0.337 e. The lowest BCUT2D eigenvalue weighted by Crippen LogP contribution is -2.33. The number of amides is 1. The molecule has 3 heterocycles. The van der Waals surface area contributed by atoms with Crippen molar-refractivity contribution in [3.05, 3.63) is 66.4 Å². The Balaban J connectivity index is 1.69. The van der Waals surface area contributed by atoms with Crippen LogP contribution in [0.4, 0.5) is 0 Å². The highest BCUT2D eigenvalue weighted by Gasteiger charge is 2.17. The third kappa shape index (κ3) is 3.65. The van der Waals surface area contributed by atoms with Crippen LogP contribution in [0.25, 0.3) is 11.3 Å². The van der Waals surface area contributed by atoms with E-state index >= 15 is 0 Å². The quantitative estimate of drug-likeness (QED) is 0.757. The van der Waals surface area contributed by atoms with Crippen molar-refractivity contribution in [1.82, 2.24) is 25.1 Å². The highest BCUT2D eigenvalue weighted by Crippen LogP contribution is 2.17. The lowest BCUT2D eigenvalue weighted by molar-refractivity contribution is 0.0760. The van der Waals surface area contributed by atoms with Crippen LogP contribution in [-0.4, -0.2) is 44.1 Å². The first-order valence-electron chi connectivity index (χ1n) is 7.92. The van der Waals surface area contributed by atoms with Crippen LogP contribution in [0.15, 0.2) is 55.1 Å². The van der Waals surface area contributed by atoms with E-state index in [0.29, 0.717) is 18.8 Å². The van der Waals surface area contributed by atoms with E-state index in [4.69, 9.17) is 0 Å². The smallest absolute Gasteiger partial charge is 0.271 e. The average Bonchev–Trinajstić information content (AvgIpc) is 3.14.